The van der Waals surface area contributed by atoms with Crippen molar-refractivity contribution in [2.75, 3.05) is 72.0 Å². The highest BCUT2D eigenvalue weighted by Crippen LogP contribution is 2.04. The number of nitrogens with zero attached hydrogens (tertiary/aromatic N) is 3. The number of aliphatic hydroxyl groups excluding tert-OH is 4. The summed E-state index contributed by atoms with van der Waals surface area (Å²) in [6.45, 7) is 16.4. The fraction of sp³-hybridized carbons (Fsp3) is 0.935. The minimum Gasteiger partial charge on any atom is -0.392 e. The lowest BCUT2D eigenvalue weighted by Crippen LogP contribution is -2.40. The van der Waals surface area contributed by atoms with Gasteiger partial charge in [0.15, 0.2) is 0 Å². The fourth-order valence-electron chi connectivity index (χ4n) is 4.63. The average Bonchev–Trinajstić information content (AvgIpc) is 2.98. The third-order valence-electron chi connectivity index (χ3n) is 7.56. The van der Waals surface area contributed by atoms with Crippen LogP contribution in [0, 0.1) is 0 Å². The lowest BCUT2D eigenvalue weighted by Gasteiger charge is -2.26. The molecule has 0 aliphatic rings. The van der Waals surface area contributed by atoms with E-state index in [2.05, 4.69) is 32.3 Å². The van der Waals surface area contributed by atoms with Crippen molar-refractivity contribution in [1.29, 1.82) is 0 Å². The largest absolute Gasteiger partial charge is 0.392 e. The maximum atomic E-state index is 12.4. The Morgan fingerprint density at radius 1 is 0.524 bits per heavy atom. The van der Waals surface area contributed by atoms with Crippen LogP contribution in [0.4, 0.5) is 0 Å². The molecule has 2 amide bonds. The summed E-state index contributed by atoms with van der Waals surface area (Å²) in [5.74, 6) is -0.0274. The highest BCUT2D eigenvalue weighted by Gasteiger charge is 2.16. The quantitative estimate of drug-likeness (QED) is 0.0725. The molecule has 0 heterocycles. The van der Waals surface area contributed by atoms with Crippen LogP contribution < -0.4 is 10.6 Å². The topological polar surface area (TPSA) is 149 Å². The Hall–Kier alpha value is -1.34. The van der Waals surface area contributed by atoms with Crippen LogP contribution >= 0.6 is 0 Å². The van der Waals surface area contributed by atoms with E-state index < -0.39 is 24.4 Å². The van der Waals surface area contributed by atoms with Gasteiger partial charge in [0.2, 0.25) is 11.8 Å². The number of amides is 2. The lowest BCUT2D eigenvalue weighted by molar-refractivity contribution is -0.121. The molecule has 11 nitrogen and oxygen atoms in total. The highest BCUT2D eigenvalue weighted by atomic mass is 16.3. The molecular weight excluding hydrogens is 538 g/mol. The molecule has 250 valence electrons. The van der Waals surface area contributed by atoms with Gasteiger partial charge in [0.1, 0.15) is 0 Å². The van der Waals surface area contributed by atoms with Crippen LogP contribution in [0.3, 0.4) is 0 Å². The minimum atomic E-state index is -0.420. The molecule has 42 heavy (non-hydrogen) atoms. The van der Waals surface area contributed by atoms with Gasteiger partial charge in [0.25, 0.3) is 0 Å². The summed E-state index contributed by atoms with van der Waals surface area (Å²) in [5, 5.41) is 46.0. The van der Waals surface area contributed by atoms with Crippen molar-refractivity contribution in [3.05, 3.63) is 0 Å². The molecule has 0 aromatic carbocycles. The van der Waals surface area contributed by atoms with Gasteiger partial charge >= 0.3 is 0 Å². The molecule has 0 aromatic heterocycles. The third kappa shape index (κ3) is 22.2. The Labute approximate surface area is 256 Å². The zero-order valence-electron chi connectivity index (χ0n) is 27.4. The zero-order valence-corrected chi connectivity index (χ0v) is 27.4. The maximum absolute atomic E-state index is 12.4. The Morgan fingerprint density at radius 3 is 1.14 bits per heavy atom. The summed E-state index contributed by atoms with van der Waals surface area (Å²) < 4.78 is 0. The summed E-state index contributed by atoms with van der Waals surface area (Å²) in [5.41, 5.74) is 0. The van der Waals surface area contributed by atoms with Gasteiger partial charge < -0.3 is 36.0 Å². The first-order chi connectivity index (χ1) is 20.1. The minimum absolute atomic E-state index is 0.0137. The molecule has 0 saturated carbocycles. The van der Waals surface area contributed by atoms with E-state index in [4.69, 9.17) is 0 Å². The molecule has 0 fully saturated rings. The molecule has 6 N–H and O–H groups in total. The summed E-state index contributed by atoms with van der Waals surface area (Å²) in [6.07, 6.45) is 4.16. The summed E-state index contributed by atoms with van der Waals surface area (Å²) in [4.78, 5) is 31.2. The van der Waals surface area contributed by atoms with Crippen LogP contribution in [0.5, 0.6) is 0 Å². The van der Waals surface area contributed by atoms with E-state index in [1.807, 2.05) is 27.7 Å². The van der Waals surface area contributed by atoms with Gasteiger partial charge in [-0.3, -0.25) is 19.4 Å². The number of rotatable bonds is 28. The second kappa shape index (κ2) is 26.1. The number of aliphatic hydroxyl groups is 4. The second-order valence-corrected chi connectivity index (χ2v) is 11.5. The van der Waals surface area contributed by atoms with Crippen LogP contribution in [-0.4, -0.2) is 143 Å². The third-order valence-corrected chi connectivity index (χ3v) is 7.56. The lowest BCUT2D eigenvalue weighted by atomic mass is 10.2. The fourth-order valence-corrected chi connectivity index (χ4v) is 4.63. The van der Waals surface area contributed by atoms with Crippen molar-refractivity contribution in [3.63, 3.8) is 0 Å². The standard InChI is InChI=1S/C31H65N5O6/c1-6-17-34(20-13-30(41)32-15-11-18-35(22-26(37)7-2)23-27(38)8-3)21-14-31(42)33-16-12-19-36(24-28(39)9-4)25-29(40)10-5/h26-29,37-40H,6-25H2,1-5H3,(H,32,41)(H,33,42). The molecule has 0 radical (unpaired) electrons. The average molecular weight is 604 g/mol. The second-order valence-electron chi connectivity index (χ2n) is 11.5. The first-order valence-corrected chi connectivity index (χ1v) is 16.5. The van der Waals surface area contributed by atoms with Crippen LogP contribution in [0.25, 0.3) is 0 Å². The maximum Gasteiger partial charge on any atom is 0.221 e. The monoisotopic (exact) mass is 603 g/mol. The Morgan fingerprint density at radius 2 is 0.857 bits per heavy atom. The van der Waals surface area contributed by atoms with Crippen molar-refractivity contribution in [2.24, 2.45) is 0 Å². The predicted octanol–water partition coefficient (Wildman–Crippen LogP) is 1.18. The first-order valence-electron chi connectivity index (χ1n) is 16.5. The van der Waals surface area contributed by atoms with E-state index in [-0.39, 0.29) is 11.8 Å². The Bertz CT molecular complexity index is 598. The molecule has 0 aromatic rings. The van der Waals surface area contributed by atoms with E-state index in [0.717, 1.165) is 25.8 Å². The van der Waals surface area contributed by atoms with Gasteiger partial charge in [-0.15, -0.1) is 0 Å². The van der Waals surface area contributed by atoms with Gasteiger partial charge in [0, 0.05) is 78.3 Å². The SMILES string of the molecule is CCCN(CCC(=O)NCCCN(CC(O)CC)CC(O)CC)CCC(=O)NCCCN(CC(O)CC)CC(O)CC. The highest BCUT2D eigenvalue weighted by molar-refractivity contribution is 5.76. The van der Waals surface area contributed by atoms with Crippen LogP contribution in [-0.2, 0) is 9.59 Å². The molecule has 0 spiro atoms. The normalized spacial score (nSPS) is 14.8. The zero-order chi connectivity index (χ0) is 31.8. The molecule has 0 saturated heterocycles. The summed E-state index contributed by atoms with van der Waals surface area (Å²) in [7, 11) is 0. The Balaban J connectivity index is 4.35. The van der Waals surface area contributed by atoms with E-state index in [1.54, 1.807) is 0 Å². The van der Waals surface area contributed by atoms with E-state index in [0.29, 0.717) is 104 Å². The van der Waals surface area contributed by atoms with Crippen molar-refractivity contribution in [3.8, 4) is 0 Å². The van der Waals surface area contributed by atoms with Crippen molar-refractivity contribution in [2.45, 2.75) is 117 Å². The van der Waals surface area contributed by atoms with Gasteiger partial charge in [-0.1, -0.05) is 34.6 Å². The first kappa shape index (κ1) is 40.7. The summed E-state index contributed by atoms with van der Waals surface area (Å²) >= 11 is 0. The molecule has 0 bridgehead atoms. The number of carbonyl (C=O) groups is 2. The molecule has 11 heteroatoms. The van der Waals surface area contributed by atoms with E-state index >= 15 is 0 Å². The van der Waals surface area contributed by atoms with Crippen LogP contribution in [0.15, 0.2) is 0 Å². The van der Waals surface area contributed by atoms with Gasteiger partial charge in [-0.2, -0.15) is 0 Å². The summed E-state index contributed by atoms with van der Waals surface area (Å²) in [6, 6.07) is 0. The van der Waals surface area contributed by atoms with Gasteiger partial charge in [0.05, 0.1) is 24.4 Å². The van der Waals surface area contributed by atoms with Crippen molar-refractivity contribution < 1.29 is 30.0 Å². The van der Waals surface area contributed by atoms with Crippen molar-refractivity contribution in [1.82, 2.24) is 25.3 Å². The van der Waals surface area contributed by atoms with Gasteiger partial charge in [-0.25, -0.2) is 0 Å². The number of hydrogen-bond donors (Lipinski definition) is 6. The molecule has 0 aliphatic carbocycles. The van der Waals surface area contributed by atoms with Crippen LogP contribution in [0.1, 0.15) is 92.4 Å². The molecule has 4 atom stereocenters. The smallest absolute Gasteiger partial charge is 0.221 e. The van der Waals surface area contributed by atoms with Crippen LogP contribution in [0.2, 0.25) is 0 Å². The van der Waals surface area contributed by atoms with E-state index in [9.17, 15) is 30.0 Å². The van der Waals surface area contributed by atoms with E-state index in [1.165, 1.54) is 0 Å². The predicted molar refractivity (Wildman–Crippen MR) is 169 cm³/mol. The number of hydrogen-bond acceptors (Lipinski definition) is 9. The van der Waals surface area contributed by atoms with Crippen molar-refractivity contribution >= 4 is 11.8 Å². The molecule has 4 unspecified atom stereocenters. The molecule has 0 rings (SSSR count). The van der Waals surface area contributed by atoms with Gasteiger partial charge in [-0.05, 0) is 51.5 Å². The molecule has 0 aliphatic heterocycles. The number of nitrogens with one attached hydrogen (secondary N) is 2. The number of carbonyl (C=O) groups excluding carboxylic acids is 2. The molecular formula is C31H65N5O6. The Kier molecular flexibility index (Phi) is 25.3.